The number of hydrogen-bond donors (Lipinski definition) is 3. The summed E-state index contributed by atoms with van der Waals surface area (Å²) in [5.41, 5.74) is 4.91. The van der Waals surface area contributed by atoms with E-state index in [9.17, 15) is 10.1 Å². The largest absolute Gasteiger partial charge is 0.351 e. The van der Waals surface area contributed by atoms with Crippen molar-refractivity contribution in [1.29, 1.82) is 5.26 Å². The predicted molar refractivity (Wildman–Crippen MR) is 164 cm³/mol. The number of carbonyl (C=O) groups is 1. The summed E-state index contributed by atoms with van der Waals surface area (Å²) in [4.78, 5) is 24.4. The van der Waals surface area contributed by atoms with Crippen molar-refractivity contribution in [3.63, 3.8) is 0 Å². The third-order valence-corrected chi connectivity index (χ3v) is 7.67. The number of nitrogens with zero attached hydrogens (tertiary/aromatic N) is 9. The van der Waals surface area contributed by atoms with Crippen LogP contribution in [0, 0.1) is 18.3 Å². The van der Waals surface area contributed by atoms with Crippen LogP contribution in [0.1, 0.15) is 42.5 Å². The topological polar surface area (TPSA) is 166 Å². The first-order valence-corrected chi connectivity index (χ1v) is 14.5. The van der Waals surface area contributed by atoms with Crippen LogP contribution in [0.25, 0.3) is 22.6 Å². The highest BCUT2D eigenvalue weighted by Gasteiger charge is 2.31. The van der Waals surface area contributed by atoms with Gasteiger partial charge in [-0.3, -0.25) is 14.7 Å². The zero-order valence-corrected chi connectivity index (χ0v) is 24.5. The summed E-state index contributed by atoms with van der Waals surface area (Å²) in [7, 11) is 1.85. The first-order valence-electron chi connectivity index (χ1n) is 14.5. The molecule has 1 aliphatic carbocycles. The molecule has 0 unspecified atom stereocenters. The molecule has 4 aromatic heterocycles. The van der Waals surface area contributed by atoms with Crippen molar-refractivity contribution < 1.29 is 4.79 Å². The maximum absolute atomic E-state index is 13.6. The van der Waals surface area contributed by atoms with Gasteiger partial charge in [0.2, 0.25) is 5.95 Å². The third kappa shape index (κ3) is 6.39. The van der Waals surface area contributed by atoms with Gasteiger partial charge in [0.1, 0.15) is 11.8 Å². The average Bonchev–Trinajstić information content (AvgIpc) is 3.70. The standard InChI is InChI=1S/C31H32N12O/c1-20-14-27(40-38-20)29-22(15-32)17-33-30(37-29)36-24-8-10-25(11-9-24)43(31(44)34-16-21-6-4-3-5-7-21)28-13-12-26(39-41-28)23-18-35-42(2)19-23/h3-7,12-14,17-19,24-25H,8-11,16H2,1-2H3,(H,34,44)(H,38,40)(H,33,36,37). The number of H-pyrrole nitrogens is 1. The Morgan fingerprint density at radius 3 is 2.59 bits per heavy atom. The van der Waals surface area contributed by atoms with Crippen LogP contribution in [-0.2, 0) is 13.6 Å². The average molecular weight is 589 g/mol. The van der Waals surface area contributed by atoms with Gasteiger partial charge in [-0.1, -0.05) is 30.3 Å². The molecule has 1 saturated carbocycles. The van der Waals surface area contributed by atoms with Gasteiger partial charge in [-0.15, -0.1) is 10.2 Å². The molecule has 44 heavy (non-hydrogen) atoms. The summed E-state index contributed by atoms with van der Waals surface area (Å²) in [6, 6.07) is 17.3. The fourth-order valence-electron chi connectivity index (χ4n) is 5.42. The first-order chi connectivity index (χ1) is 21.5. The summed E-state index contributed by atoms with van der Waals surface area (Å²) in [6.45, 7) is 2.28. The number of aromatic nitrogens is 8. The Kier molecular flexibility index (Phi) is 8.22. The fourth-order valence-corrected chi connectivity index (χ4v) is 5.42. The molecule has 0 atom stereocenters. The van der Waals surface area contributed by atoms with Gasteiger partial charge in [0.25, 0.3) is 0 Å². The Hall–Kier alpha value is -5.64. The number of hydrogen-bond acceptors (Lipinski definition) is 9. The van der Waals surface area contributed by atoms with Gasteiger partial charge in [-0.2, -0.15) is 15.5 Å². The Morgan fingerprint density at radius 1 is 1.11 bits per heavy atom. The van der Waals surface area contributed by atoms with Gasteiger partial charge in [0, 0.05) is 37.4 Å². The minimum atomic E-state index is -0.219. The first kappa shape index (κ1) is 28.5. The molecule has 0 saturated heterocycles. The quantitative estimate of drug-likeness (QED) is 0.238. The molecule has 5 aromatic rings. The van der Waals surface area contributed by atoms with Crippen LogP contribution in [0.2, 0.25) is 0 Å². The molecule has 13 nitrogen and oxygen atoms in total. The van der Waals surface area contributed by atoms with E-state index in [0.29, 0.717) is 41.0 Å². The Bertz CT molecular complexity index is 1770. The summed E-state index contributed by atoms with van der Waals surface area (Å²) in [5, 5.41) is 36.2. The van der Waals surface area contributed by atoms with Gasteiger partial charge >= 0.3 is 6.03 Å². The van der Waals surface area contributed by atoms with Gasteiger partial charge < -0.3 is 10.6 Å². The molecule has 1 fully saturated rings. The SMILES string of the molecule is Cc1cc(-c2nc(NC3CCC(N(C(=O)NCc4ccccc4)c4ccc(-c5cnn(C)c5)nn4)CC3)ncc2C#N)[nH]n1. The molecule has 1 aromatic carbocycles. The molecule has 13 heteroatoms. The van der Waals surface area contributed by atoms with E-state index in [1.54, 1.807) is 15.8 Å². The number of urea groups is 1. The van der Waals surface area contributed by atoms with E-state index in [2.05, 4.69) is 52.2 Å². The number of nitrogens with one attached hydrogen (secondary N) is 3. The number of nitriles is 1. The van der Waals surface area contributed by atoms with E-state index in [1.807, 2.05) is 68.7 Å². The maximum Gasteiger partial charge on any atom is 0.323 e. The van der Waals surface area contributed by atoms with Gasteiger partial charge in [0.05, 0.1) is 35.0 Å². The molecule has 0 spiro atoms. The molecule has 6 rings (SSSR count). The van der Waals surface area contributed by atoms with Crippen molar-refractivity contribution in [1.82, 2.24) is 45.5 Å². The van der Waals surface area contributed by atoms with Gasteiger partial charge in [0.15, 0.2) is 5.82 Å². The molecule has 4 heterocycles. The van der Waals surface area contributed by atoms with Crippen LogP contribution in [0.3, 0.4) is 0 Å². The summed E-state index contributed by atoms with van der Waals surface area (Å²) in [5.74, 6) is 0.943. The van der Waals surface area contributed by atoms with Crippen LogP contribution in [0.4, 0.5) is 16.6 Å². The molecule has 3 N–H and O–H groups in total. The second-order valence-corrected chi connectivity index (χ2v) is 10.8. The van der Waals surface area contributed by atoms with Crippen LogP contribution < -0.4 is 15.5 Å². The van der Waals surface area contributed by atoms with Crippen molar-refractivity contribution in [2.45, 2.75) is 51.2 Å². The maximum atomic E-state index is 13.6. The minimum absolute atomic E-state index is 0.0761. The van der Waals surface area contributed by atoms with E-state index in [-0.39, 0.29) is 18.1 Å². The van der Waals surface area contributed by atoms with E-state index in [0.717, 1.165) is 42.5 Å². The normalized spacial score (nSPS) is 16.2. The van der Waals surface area contributed by atoms with Crippen LogP contribution in [0.5, 0.6) is 0 Å². The lowest BCUT2D eigenvalue weighted by molar-refractivity contribution is 0.240. The van der Waals surface area contributed by atoms with Crippen molar-refractivity contribution in [2.75, 3.05) is 10.2 Å². The number of benzene rings is 1. The van der Waals surface area contributed by atoms with Crippen molar-refractivity contribution in [3.8, 4) is 28.7 Å². The highest BCUT2D eigenvalue weighted by Crippen LogP contribution is 2.29. The van der Waals surface area contributed by atoms with Crippen LogP contribution >= 0.6 is 0 Å². The number of aromatic amines is 1. The third-order valence-electron chi connectivity index (χ3n) is 7.67. The number of aryl methyl sites for hydroxylation is 2. The Morgan fingerprint density at radius 2 is 1.93 bits per heavy atom. The van der Waals surface area contributed by atoms with Crippen molar-refractivity contribution in [2.24, 2.45) is 7.05 Å². The fraction of sp³-hybridized carbons (Fsp3) is 0.290. The number of anilines is 2. The van der Waals surface area contributed by atoms with Gasteiger partial charge in [-0.25, -0.2) is 14.8 Å². The highest BCUT2D eigenvalue weighted by atomic mass is 16.2. The predicted octanol–water partition coefficient (Wildman–Crippen LogP) is 4.38. The smallest absolute Gasteiger partial charge is 0.323 e. The monoisotopic (exact) mass is 588 g/mol. The summed E-state index contributed by atoms with van der Waals surface area (Å²) < 4.78 is 1.71. The lowest BCUT2D eigenvalue weighted by Gasteiger charge is -2.36. The molecular weight excluding hydrogens is 556 g/mol. The van der Waals surface area contributed by atoms with Gasteiger partial charge in [-0.05, 0) is 56.4 Å². The van der Waals surface area contributed by atoms with Crippen molar-refractivity contribution >= 4 is 17.8 Å². The van der Waals surface area contributed by atoms with E-state index in [1.165, 1.54) is 6.20 Å². The molecule has 1 aliphatic rings. The number of rotatable bonds is 8. The van der Waals surface area contributed by atoms with E-state index in [4.69, 9.17) is 0 Å². The molecule has 2 amide bonds. The minimum Gasteiger partial charge on any atom is -0.351 e. The van der Waals surface area contributed by atoms with Crippen LogP contribution in [0.15, 0.2) is 67.1 Å². The zero-order valence-electron chi connectivity index (χ0n) is 24.5. The molecule has 0 aliphatic heterocycles. The molecular formula is C31H32N12O. The summed E-state index contributed by atoms with van der Waals surface area (Å²) in [6.07, 6.45) is 8.19. The second kappa shape index (κ2) is 12.7. The lowest BCUT2D eigenvalue weighted by atomic mass is 9.90. The summed E-state index contributed by atoms with van der Waals surface area (Å²) >= 11 is 0. The molecule has 0 bridgehead atoms. The number of amides is 2. The van der Waals surface area contributed by atoms with Crippen LogP contribution in [-0.4, -0.2) is 58.3 Å². The van der Waals surface area contributed by atoms with Crippen molar-refractivity contribution in [3.05, 3.63) is 83.9 Å². The lowest BCUT2D eigenvalue weighted by Crippen LogP contribution is -2.49. The second-order valence-electron chi connectivity index (χ2n) is 10.8. The zero-order chi connectivity index (χ0) is 30.5. The van der Waals surface area contributed by atoms with E-state index >= 15 is 0 Å². The number of carbonyl (C=O) groups excluding carboxylic acids is 1. The molecule has 0 radical (unpaired) electrons. The Labute approximate surface area is 254 Å². The van der Waals surface area contributed by atoms with E-state index < -0.39 is 0 Å². The Balaban J connectivity index is 1.17. The highest BCUT2D eigenvalue weighted by molar-refractivity contribution is 5.91. The molecule has 222 valence electrons.